The highest BCUT2D eigenvalue weighted by atomic mass is 16.5. The van der Waals surface area contributed by atoms with Gasteiger partial charge in [-0.3, -0.25) is 9.78 Å². The fourth-order valence-corrected chi connectivity index (χ4v) is 1.71. The van der Waals surface area contributed by atoms with Gasteiger partial charge in [-0.2, -0.15) is 0 Å². The van der Waals surface area contributed by atoms with E-state index in [0.717, 1.165) is 11.3 Å². The van der Waals surface area contributed by atoms with Gasteiger partial charge in [0.2, 0.25) is 0 Å². The van der Waals surface area contributed by atoms with Gasteiger partial charge in [0, 0.05) is 18.4 Å². The lowest BCUT2D eigenvalue weighted by molar-refractivity contribution is 0.0948. The summed E-state index contributed by atoms with van der Waals surface area (Å²) in [5.41, 5.74) is 2.46. The third-order valence-corrected chi connectivity index (χ3v) is 2.78. The third kappa shape index (κ3) is 3.31. The lowest BCUT2D eigenvalue weighted by Gasteiger charge is -2.09. The SMILES string of the molecule is COc1ccccc1C(=O)NCc1ccc(C)nc1. The van der Waals surface area contributed by atoms with Gasteiger partial charge < -0.3 is 10.1 Å². The molecule has 4 nitrogen and oxygen atoms in total. The molecule has 98 valence electrons. The average Bonchev–Trinajstić information content (AvgIpc) is 2.46. The van der Waals surface area contributed by atoms with Crippen LogP contribution in [-0.4, -0.2) is 18.0 Å². The molecule has 0 atom stereocenters. The van der Waals surface area contributed by atoms with Crippen molar-refractivity contribution in [3.8, 4) is 5.75 Å². The Hall–Kier alpha value is -2.36. The van der Waals surface area contributed by atoms with Gasteiger partial charge in [-0.15, -0.1) is 0 Å². The van der Waals surface area contributed by atoms with Crippen molar-refractivity contribution < 1.29 is 9.53 Å². The lowest BCUT2D eigenvalue weighted by Crippen LogP contribution is -2.23. The largest absolute Gasteiger partial charge is 0.496 e. The van der Waals surface area contributed by atoms with E-state index in [9.17, 15) is 4.79 Å². The number of hydrogen-bond acceptors (Lipinski definition) is 3. The third-order valence-electron chi connectivity index (χ3n) is 2.78. The van der Waals surface area contributed by atoms with Crippen molar-refractivity contribution in [2.75, 3.05) is 7.11 Å². The minimum Gasteiger partial charge on any atom is -0.496 e. The Kier molecular flexibility index (Phi) is 4.13. The summed E-state index contributed by atoms with van der Waals surface area (Å²) in [5, 5.41) is 2.85. The molecule has 0 saturated heterocycles. The van der Waals surface area contributed by atoms with E-state index in [2.05, 4.69) is 10.3 Å². The highest BCUT2D eigenvalue weighted by Crippen LogP contribution is 2.16. The van der Waals surface area contributed by atoms with Crippen LogP contribution in [0.25, 0.3) is 0 Å². The van der Waals surface area contributed by atoms with E-state index in [1.54, 1.807) is 25.4 Å². The number of aryl methyl sites for hydroxylation is 1. The summed E-state index contributed by atoms with van der Waals surface area (Å²) >= 11 is 0. The second-order valence-corrected chi connectivity index (χ2v) is 4.19. The Labute approximate surface area is 112 Å². The number of aromatic nitrogens is 1. The van der Waals surface area contributed by atoms with E-state index in [-0.39, 0.29) is 5.91 Å². The summed E-state index contributed by atoms with van der Waals surface area (Å²) in [6.45, 7) is 2.38. The highest BCUT2D eigenvalue weighted by Gasteiger charge is 2.10. The number of nitrogens with one attached hydrogen (secondary N) is 1. The number of para-hydroxylation sites is 1. The van der Waals surface area contributed by atoms with Crippen molar-refractivity contribution in [1.82, 2.24) is 10.3 Å². The summed E-state index contributed by atoms with van der Waals surface area (Å²) in [7, 11) is 1.55. The molecule has 0 saturated carbocycles. The molecule has 0 unspecified atom stereocenters. The highest BCUT2D eigenvalue weighted by molar-refractivity contribution is 5.96. The van der Waals surface area contributed by atoms with Crippen LogP contribution >= 0.6 is 0 Å². The first-order chi connectivity index (χ1) is 9.20. The van der Waals surface area contributed by atoms with Crippen LogP contribution in [0, 0.1) is 6.92 Å². The number of rotatable bonds is 4. The molecule has 0 aliphatic rings. The zero-order chi connectivity index (χ0) is 13.7. The molecular weight excluding hydrogens is 240 g/mol. The molecule has 1 N–H and O–H groups in total. The van der Waals surface area contributed by atoms with Crippen molar-refractivity contribution in [1.29, 1.82) is 0 Å². The topological polar surface area (TPSA) is 51.2 Å². The lowest BCUT2D eigenvalue weighted by atomic mass is 10.2. The quantitative estimate of drug-likeness (QED) is 0.913. The van der Waals surface area contributed by atoms with Crippen LogP contribution in [0.3, 0.4) is 0 Å². The molecule has 0 spiro atoms. The minimum atomic E-state index is -0.155. The molecule has 1 aromatic carbocycles. The maximum Gasteiger partial charge on any atom is 0.255 e. The second kappa shape index (κ2) is 6.00. The predicted octanol–water partition coefficient (Wildman–Crippen LogP) is 2.33. The normalized spacial score (nSPS) is 10.0. The zero-order valence-electron chi connectivity index (χ0n) is 11.0. The van der Waals surface area contributed by atoms with Crippen molar-refractivity contribution >= 4 is 5.91 Å². The van der Waals surface area contributed by atoms with E-state index < -0.39 is 0 Å². The molecular formula is C15H16N2O2. The van der Waals surface area contributed by atoms with Crippen LogP contribution in [0.2, 0.25) is 0 Å². The Bertz CT molecular complexity index is 565. The number of hydrogen-bond donors (Lipinski definition) is 1. The van der Waals surface area contributed by atoms with Crippen LogP contribution in [-0.2, 0) is 6.54 Å². The summed E-state index contributed by atoms with van der Waals surface area (Å²) in [4.78, 5) is 16.2. The molecule has 1 amide bonds. The maximum absolute atomic E-state index is 12.1. The number of benzene rings is 1. The van der Waals surface area contributed by atoms with E-state index in [1.807, 2.05) is 31.2 Å². The number of carbonyl (C=O) groups excluding carboxylic acids is 1. The predicted molar refractivity (Wildman–Crippen MR) is 73.1 cm³/mol. The van der Waals surface area contributed by atoms with Gasteiger partial charge in [0.15, 0.2) is 0 Å². The van der Waals surface area contributed by atoms with E-state index in [0.29, 0.717) is 17.9 Å². The maximum atomic E-state index is 12.1. The Balaban J connectivity index is 2.03. The molecule has 1 aromatic heterocycles. The smallest absolute Gasteiger partial charge is 0.255 e. The number of nitrogens with zero attached hydrogens (tertiary/aromatic N) is 1. The number of carbonyl (C=O) groups is 1. The van der Waals surface area contributed by atoms with E-state index >= 15 is 0 Å². The molecule has 0 radical (unpaired) electrons. The van der Waals surface area contributed by atoms with Gasteiger partial charge in [-0.05, 0) is 30.7 Å². The van der Waals surface area contributed by atoms with Gasteiger partial charge >= 0.3 is 0 Å². The molecule has 0 bridgehead atoms. The fraction of sp³-hybridized carbons (Fsp3) is 0.200. The molecule has 4 heteroatoms. The molecule has 0 aliphatic heterocycles. The van der Waals surface area contributed by atoms with Gasteiger partial charge in [0.25, 0.3) is 5.91 Å². The van der Waals surface area contributed by atoms with Gasteiger partial charge in [0.1, 0.15) is 5.75 Å². The molecule has 2 aromatic rings. The summed E-state index contributed by atoms with van der Waals surface area (Å²) in [6.07, 6.45) is 1.76. The van der Waals surface area contributed by atoms with Crippen molar-refractivity contribution in [2.45, 2.75) is 13.5 Å². The fourth-order valence-electron chi connectivity index (χ4n) is 1.71. The molecule has 19 heavy (non-hydrogen) atoms. The first-order valence-corrected chi connectivity index (χ1v) is 6.03. The van der Waals surface area contributed by atoms with Gasteiger partial charge in [0.05, 0.1) is 12.7 Å². The standard InChI is InChI=1S/C15H16N2O2/c1-11-7-8-12(9-16-11)10-17-15(18)13-5-3-4-6-14(13)19-2/h3-9H,10H2,1-2H3,(H,17,18). The van der Waals surface area contributed by atoms with Crippen molar-refractivity contribution in [3.63, 3.8) is 0 Å². The first-order valence-electron chi connectivity index (χ1n) is 6.03. The average molecular weight is 256 g/mol. The number of methoxy groups -OCH3 is 1. The van der Waals surface area contributed by atoms with Crippen LogP contribution in [0.1, 0.15) is 21.6 Å². The molecule has 1 heterocycles. The van der Waals surface area contributed by atoms with Crippen LogP contribution < -0.4 is 10.1 Å². The van der Waals surface area contributed by atoms with Crippen molar-refractivity contribution in [2.24, 2.45) is 0 Å². The summed E-state index contributed by atoms with van der Waals surface area (Å²) in [5.74, 6) is 0.417. The van der Waals surface area contributed by atoms with Crippen LogP contribution in [0.5, 0.6) is 5.75 Å². The Morgan fingerprint density at radius 2 is 2.05 bits per heavy atom. The summed E-state index contributed by atoms with van der Waals surface area (Å²) < 4.78 is 5.16. The van der Waals surface area contributed by atoms with Crippen LogP contribution in [0.15, 0.2) is 42.6 Å². The Morgan fingerprint density at radius 1 is 1.26 bits per heavy atom. The Morgan fingerprint density at radius 3 is 2.74 bits per heavy atom. The zero-order valence-corrected chi connectivity index (χ0v) is 11.0. The first kappa shape index (κ1) is 13.1. The van der Waals surface area contributed by atoms with Gasteiger partial charge in [-0.1, -0.05) is 18.2 Å². The number of ether oxygens (including phenoxy) is 1. The molecule has 0 aliphatic carbocycles. The second-order valence-electron chi connectivity index (χ2n) is 4.19. The van der Waals surface area contributed by atoms with E-state index in [4.69, 9.17) is 4.74 Å². The van der Waals surface area contributed by atoms with Gasteiger partial charge in [-0.25, -0.2) is 0 Å². The van der Waals surface area contributed by atoms with Crippen LogP contribution in [0.4, 0.5) is 0 Å². The minimum absolute atomic E-state index is 0.155. The molecule has 2 rings (SSSR count). The monoisotopic (exact) mass is 256 g/mol. The number of amides is 1. The number of pyridine rings is 1. The molecule has 0 fully saturated rings. The van der Waals surface area contributed by atoms with Crippen molar-refractivity contribution in [3.05, 3.63) is 59.4 Å². The van der Waals surface area contributed by atoms with E-state index in [1.165, 1.54) is 0 Å². The summed E-state index contributed by atoms with van der Waals surface area (Å²) in [6, 6.07) is 11.0.